The second-order valence-corrected chi connectivity index (χ2v) is 3.83. The number of rotatable bonds is 1. The Morgan fingerprint density at radius 3 is 2.36 bits per heavy atom. The summed E-state index contributed by atoms with van der Waals surface area (Å²) in [4.78, 5) is 11.0. The maximum atomic E-state index is 12.5. The fourth-order valence-corrected chi connectivity index (χ4v) is 2.03. The summed E-state index contributed by atoms with van der Waals surface area (Å²) < 4.78 is 37.6. The first kappa shape index (κ1) is 11.5. The van der Waals surface area contributed by atoms with Gasteiger partial charge in [0.1, 0.15) is 5.78 Å². The zero-order chi connectivity index (χ0) is 11.0. The van der Waals surface area contributed by atoms with Crippen LogP contribution in [0.4, 0.5) is 13.2 Å². The average Bonchev–Trinajstić information content (AvgIpc) is 2.02. The fourth-order valence-electron chi connectivity index (χ4n) is 2.03. The van der Waals surface area contributed by atoms with Crippen molar-refractivity contribution in [3.8, 4) is 0 Å². The molecule has 0 aromatic rings. The fraction of sp³-hybridized carbons (Fsp3) is 0.889. The van der Waals surface area contributed by atoms with Crippen molar-refractivity contribution in [2.24, 2.45) is 5.92 Å². The van der Waals surface area contributed by atoms with Crippen molar-refractivity contribution in [1.29, 1.82) is 0 Å². The first-order valence-corrected chi connectivity index (χ1v) is 4.58. The van der Waals surface area contributed by atoms with E-state index in [0.29, 0.717) is 12.8 Å². The molecule has 1 fully saturated rings. The zero-order valence-corrected chi connectivity index (χ0v) is 7.90. The molecule has 0 saturated heterocycles. The molecule has 2 atom stereocenters. The normalized spacial score (nSPS) is 34.2. The third-order valence-electron chi connectivity index (χ3n) is 2.86. The van der Waals surface area contributed by atoms with Gasteiger partial charge in [0.15, 0.2) is 5.60 Å². The lowest BCUT2D eigenvalue weighted by Crippen LogP contribution is -2.55. The van der Waals surface area contributed by atoms with Crippen LogP contribution in [0.25, 0.3) is 0 Å². The van der Waals surface area contributed by atoms with Crippen molar-refractivity contribution in [2.45, 2.75) is 44.4 Å². The molecular weight excluding hydrogens is 197 g/mol. The first-order chi connectivity index (χ1) is 6.29. The predicted octanol–water partition coefficient (Wildman–Crippen LogP) is 2.06. The Kier molecular flexibility index (Phi) is 2.90. The molecule has 0 radical (unpaired) electrons. The molecule has 82 valence electrons. The van der Waals surface area contributed by atoms with Gasteiger partial charge in [-0.05, 0) is 19.8 Å². The second kappa shape index (κ2) is 3.53. The molecule has 5 heteroatoms. The summed E-state index contributed by atoms with van der Waals surface area (Å²) in [5.41, 5.74) is -2.79. The van der Waals surface area contributed by atoms with Crippen molar-refractivity contribution in [3.05, 3.63) is 0 Å². The van der Waals surface area contributed by atoms with Gasteiger partial charge in [-0.1, -0.05) is 12.8 Å². The van der Waals surface area contributed by atoms with E-state index < -0.39 is 23.5 Å². The Morgan fingerprint density at radius 1 is 1.43 bits per heavy atom. The molecule has 1 N–H and O–H groups in total. The maximum Gasteiger partial charge on any atom is 0.417 e. The van der Waals surface area contributed by atoms with Gasteiger partial charge in [0.25, 0.3) is 0 Å². The van der Waals surface area contributed by atoms with Gasteiger partial charge in [-0.3, -0.25) is 4.79 Å². The average molecular weight is 210 g/mol. The number of hydrogen-bond acceptors (Lipinski definition) is 2. The number of carbonyl (C=O) groups is 1. The van der Waals surface area contributed by atoms with E-state index in [4.69, 9.17) is 0 Å². The van der Waals surface area contributed by atoms with Gasteiger partial charge < -0.3 is 5.11 Å². The Bertz CT molecular complexity index is 237. The lowest BCUT2D eigenvalue weighted by molar-refractivity contribution is -0.284. The largest absolute Gasteiger partial charge is 0.417 e. The first-order valence-electron chi connectivity index (χ1n) is 4.58. The molecule has 0 aliphatic heterocycles. The molecule has 0 heterocycles. The standard InChI is InChI=1S/C9H13F3O2/c1-6(13)7-4-2-3-5-8(7,14)9(10,11)12/h7,14H,2-5H2,1H3. The van der Waals surface area contributed by atoms with Crippen LogP contribution in [0.15, 0.2) is 0 Å². The van der Waals surface area contributed by atoms with E-state index in [1.54, 1.807) is 0 Å². The molecule has 2 unspecified atom stereocenters. The van der Waals surface area contributed by atoms with Crippen LogP contribution in [0.2, 0.25) is 0 Å². The third kappa shape index (κ3) is 1.78. The van der Waals surface area contributed by atoms with Crippen LogP contribution >= 0.6 is 0 Å². The van der Waals surface area contributed by atoms with Gasteiger partial charge in [0, 0.05) is 0 Å². The van der Waals surface area contributed by atoms with Crippen LogP contribution in [0.3, 0.4) is 0 Å². The monoisotopic (exact) mass is 210 g/mol. The van der Waals surface area contributed by atoms with Crippen molar-refractivity contribution in [3.63, 3.8) is 0 Å². The molecule has 14 heavy (non-hydrogen) atoms. The maximum absolute atomic E-state index is 12.5. The molecule has 1 rings (SSSR count). The molecule has 1 aliphatic rings. The molecule has 0 amide bonds. The molecular formula is C9H13F3O2. The van der Waals surface area contributed by atoms with E-state index in [-0.39, 0.29) is 12.8 Å². The van der Waals surface area contributed by atoms with E-state index in [0.717, 1.165) is 6.92 Å². The van der Waals surface area contributed by atoms with Gasteiger partial charge in [-0.2, -0.15) is 13.2 Å². The summed E-state index contributed by atoms with van der Waals surface area (Å²) in [5.74, 6) is -1.86. The minimum Gasteiger partial charge on any atom is -0.380 e. The van der Waals surface area contributed by atoms with E-state index >= 15 is 0 Å². The third-order valence-corrected chi connectivity index (χ3v) is 2.86. The van der Waals surface area contributed by atoms with E-state index in [1.165, 1.54) is 0 Å². The Morgan fingerprint density at radius 2 is 2.00 bits per heavy atom. The predicted molar refractivity (Wildman–Crippen MR) is 43.6 cm³/mol. The number of alkyl halides is 3. The van der Waals surface area contributed by atoms with Gasteiger partial charge in [0.2, 0.25) is 0 Å². The lowest BCUT2D eigenvalue weighted by Gasteiger charge is -2.39. The SMILES string of the molecule is CC(=O)C1CCCCC1(O)C(F)(F)F. The number of hydrogen-bond donors (Lipinski definition) is 1. The summed E-state index contributed by atoms with van der Waals surface area (Å²) in [7, 11) is 0. The second-order valence-electron chi connectivity index (χ2n) is 3.83. The minimum absolute atomic E-state index is 0.130. The molecule has 0 bridgehead atoms. The molecule has 1 saturated carbocycles. The lowest BCUT2D eigenvalue weighted by atomic mass is 9.73. The Hall–Kier alpha value is -0.580. The van der Waals surface area contributed by atoms with Crippen LogP contribution < -0.4 is 0 Å². The zero-order valence-electron chi connectivity index (χ0n) is 7.90. The number of carbonyl (C=O) groups excluding carboxylic acids is 1. The van der Waals surface area contributed by atoms with Gasteiger partial charge in [-0.15, -0.1) is 0 Å². The van der Waals surface area contributed by atoms with Crippen LogP contribution in [-0.4, -0.2) is 22.7 Å². The Balaban J connectivity index is 2.97. The molecule has 1 aliphatic carbocycles. The van der Waals surface area contributed by atoms with Crippen LogP contribution in [0, 0.1) is 5.92 Å². The molecule has 2 nitrogen and oxygen atoms in total. The highest BCUT2D eigenvalue weighted by Gasteiger charge is 2.60. The van der Waals surface area contributed by atoms with Crippen molar-refractivity contribution < 1.29 is 23.1 Å². The van der Waals surface area contributed by atoms with E-state index in [1.807, 2.05) is 0 Å². The number of aliphatic hydroxyl groups is 1. The van der Waals surface area contributed by atoms with Gasteiger partial charge >= 0.3 is 6.18 Å². The summed E-state index contributed by atoms with van der Waals surface area (Å²) in [6.45, 7) is 1.10. The van der Waals surface area contributed by atoms with Crippen molar-refractivity contribution in [2.75, 3.05) is 0 Å². The highest BCUT2D eigenvalue weighted by atomic mass is 19.4. The van der Waals surface area contributed by atoms with Crippen molar-refractivity contribution in [1.82, 2.24) is 0 Å². The molecule has 0 spiro atoms. The van der Waals surface area contributed by atoms with Gasteiger partial charge in [0.05, 0.1) is 5.92 Å². The topological polar surface area (TPSA) is 37.3 Å². The summed E-state index contributed by atoms with van der Waals surface area (Å²) >= 11 is 0. The highest BCUT2D eigenvalue weighted by molar-refractivity contribution is 5.79. The summed E-state index contributed by atoms with van der Waals surface area (Å²) in [6, 6.07) is 0. The number of halogens is 3. The minimum atomic E-state index is -4.70. The smallest absolute Gasteiger partial charge is 0.380 e. The van der Waals surface area contributed by atoms with E-state index in [9.17, 15) is 23.1 Å². The van der Waals surface area contributed by atoms with Crippen LogP contribution in [0.1, 0.15) is 32.6 Å². The van der Waals surface area contributed by atoms with E-state index in [2.05, 4.69) is 0 Å². The van der Waals surface area contributed by atoms with Gasteiger partial charge in [-0.25, -0.2) is 0 Å². The highest BCUT2D eigenvalue weighted by Crippen LogP contribution is 2.45. The molecule has 0 aromatic carbocycles. The number of Topliss-reactive ketones (excluding diaryl/α,β-unsaturated/α-hetero) is 1. The summed E-state index contributed by atoms with van der Waals surface area (Å²) in [6.07, 6.45) is -4.04. The summed E-state index contributed by atoms with van der Waals surface area (Å²) in [5, 5.41) is 9.49. The van der Waals surface area contributed by atoms with Crippen molar-refractivity contribution >= 4 is 5.78 Å². The quantitative estimate of drug-likeness (QED) is 0.719. The van der Waals surface area contributed by atoms with Crippen LogP contribution in [0.5, 0.6) is 0 Å². The Labute approximate surface area is 80.1 Å². The van der Waals surface area contributed by atoms with Crippen LogP contribution in [-0.2, 0) is 4.79 Å². The number of ketones is 1. The molecule has 0 aromatic heterocycles.